The fourth-order valence-electron chi connectivity index (χ4n) is 2.31. The maximum atomic E-state index is 12.3. The zero-order chi connectivity index (χ0) is 16.1. The molecule has 22 heavy (non-hydrogen) atoms. The molecular weight excluding hydrogens is 278 g/mol. The maximum absolute atomic E-state index is 12.3. The number of nitrogens with zero attached hydrogens (tertiary/aromatic N) is 3. The predicted molar refractivity (Wildman–Crippen MR) is 86.4 cm³/mol. The third-order valence-corrected chi connectivity index (χ3v) is 3.47. The fraction of sp³-hybridized carbons (Fsp3) is 0.353. The van der Waals surface area contributed by atoms with Gasteiger partial charge in [0.1, 0.15) is 5.69 Å². The first-order valence-electron chi connectivity index (χ1n) is 7.18. The van der Waals surface area contributed by atoms with Crippen molar-refractivity contribution in [1.29, 1.82) is 0 Å². The number of carbonyl (C=O) groups is 1. The summed E-state index contributed by atoms with van der Waals surface area (Å²) >= 11 is 0. The van der Waals surface area contributed by atoms with Gasteiger partial charge in [-0.25, -0.2) is 4.98 Å². The highest BCUT2D eigenvalue weighted by molar-refractivity contribution is 5.93. The summed E-state index contributed by atoms with van der Waals surface area (Å²) in [5.74, 6) is 4.89. The first kappa shape index (κ1) is 15.8. The Hall–Kier alpha value is -2.61. The van der Waals surface area contributed by atoms with Crippen LogP contribution in [-0.4, -0.2) is 34.0 Å². The van der Waals surface area contributed by atoms with Crippen LogP contribution in [-0.2, 0) is 11.3 Å². The van der Waals surface area contributed by atoms with Gasteiger partial charge in [-0.05, 0) is 38.3 Å². The van der Waals surface area contributed by atoms with Crippen LogP contribution in [0.1, 0.15) is 19.0 Å². The average molecular weight is 297 g/mol. The van der Waals surface area contributed by atoms with Gasteiger partial charge in [0.05, 0.1) is 11.0 Å². The smallest absolute Gasteiger partial charge is 0.298 e. The Labute approximate surface area is 129 Å². The van der Waals surface area contributed by atoms with Crippen molar-refractivity contribution in [1.82, 2.24) is 14.5 Å². The molecule has 2 aromatic rings. The minimum atomic E-state index is -0.203. The molecule has 1 amide bonds. The number of aromatic nitrogens is 2. The maximum Gasteiger partial charge on any atom is 0.298 e. The van der Waals surface area contributed by atoms with E-state index in [4.69, 9.17) is 0 Å². The highest BCUT2D eigenvalue weighted by atomic mass is 16.2. The van der Waals surface area contributed by atoms with E-state index in [-0.39, 0.29) is 11.5 Å². The SMILES string of the molecule is CC#CC(=O)N(C)CCCn1c(=O)c(C)nc2ccccc21. The molecule has 1 aromatic carbocycles. The Morgan fingerprint density at radius 2 is 2.09 bits per heavy atom. The van der Waals surface area contributed by atoms with Crippen molar-refractivity contribution in [3.05, 3.63) is 40.3 Å². The molecule has 0 fully saturated rings. The summed E-state index contributed by atoms with van der Waals surface area (Å²) < 4.78 is 1.72. The van der Waals surface area contributed by atoms with E-state index in [0.717, 1.165) is 11.0 Å². The average Bonchev–Trinajstić information content (AvgIpc) is 2.51. The van der Waals surface area contributed by atoms with Gasteiger partial charge in [-0.15, -0.1) is 0 Å². The monoisotopic (exact) mass is 297 g/mol. The fourth-order valence-corrected chi connectivity index (χ4v) is 2.31. The zero-order valence-electron chi connectivity index (χ0n) is 13.1. The first-order chi connectivity index (χ1) is 10.5. The number of hydrogen-bond donors (Lipinski definition) is 0. The molecule has 0 aliphatic rings. The van der Waals surface area contributed by atoms with E-state index in [1.165, 1.54) is 0 Å². The Kier molecular flexibility index (Phi) is 4.95. The van der Waals surface area contributed by atoms with Crippen LogP contribution in [0.5, 0.6) is 0 Å². The summed E-state index contributed by atoms with van der Waals surface area (Å²) in [4.78, 5) is 29.8. The Balaban J connectivity index is 2.18. The van der Waals surface area contributed by atoms with Gasteiger partial charge in [-0.2, -0.15) is 0 Å². The highest BCUT2D eigenvalue weighted by Crippen LogP contribution is 2.10. The molecule has 0 aliphatic heterocycles. The van der Waals surface area contributed by atoms with E-state index >= 15 is 0 Å². The summed E-state index contributed by atoms with van der Waals surface area (Å²) in [5, 5.41) is 0. The lowest BCUT2D eigenvalue weighted by Crippen LogP contribution is -2.29. The minimum Gasteiger partial charge on any atom is -0.335 e. The normalized spacial score (nSPS) is 10.1. The molecule has 1 aromatic heterocycles. The first-order valence-corrected chi connectivity index (χ1v) is 7.18. The van der Waals surface area contributed by atoms with Crippen molar-refractivity contribution >= 4 is 16.9 Å². The van der Waals surface area contributed by atoms with E-state index in [0.29, 0.717) is 25.2 Å². The molecule has 1 heterocycles. The minimum absolute atomic E-state index is 0.0824. The van der Waals surface area contributed by atoms with Gasteiger partial charge in [0.15, 0.2) is 0 Å². The van der Waals surface area contributed by atoms with Crippen molar-refractivity contribution < 1.29 is 4.79 Å². The molecule has 0 atom stereocenters. The molecule has 0 unspecified atom stereocenters. The molecule has 0 radical (unpaired) electrons. The van der Waals surface area contributed by atoms with Crippen molar-refractivity contribution in [2.24, 2.45) is 0 Å². The van der Waals surface area contributed by atoms with Gasteiger partial charge >= 0.3 is 0 Å². The van der Waals surface area contributed by atoms with Gasteiger partial charge in [-0.1, -0.05) is 18.1 Å². The lowest BCUT2D eigenvalue weighted by atomic mass is 10.2. The van der Waals surface area contributed by atoms with Gasteiger partial charge < -0.3 is 9.47 Å². The number of rotatable bonds is 4. The highest BCUT2D eigenvalue weighted by Gasteiger charge is 2.09. The van der Waals surface area contributed by atoms with Gasteiger partial charge in [0.2, 0.25) is 0 Å². The quantitative estimate of drug-likeness (QED) is 0.805. The molecule has 0 saturated heterocycles. The van der Waals surface area contributed by atoms with E-state index in [1.807, 2.05) is 24.3 Å². The van der Waals surface area contributed by atoms with Crippen LogP contribution < -0.4 is 5.56 Å². The Bertz CT molecular complexity index is 812. The molecule has 0 N–H and O–H groups in total. The summed E-state index contributed by atoms with van der Waals surface area (Å²) in [5.41, 5.74) is 2.03. The number of para-hydroxylation sites is 2. The lowest BCUT2D eigenvalue weighted by molar-refractivity contribution is -0.123. The molecule has 0 spiro atoms. The molecule has 5 nitrogen and oxygen atoms in total. The molecule has 0 aliphatic carbocycles. The van der Waals surface area contributed by atoms with Crippen molar-refractivity contribution in [2.45, 2.75) is 26.8 Å². The van der Waals surface area contributed by atoms with E-state index in [2.05, 4.69) is 16.8 Å². The van der Waals surface area contributed by atoms with Gasteiger partial charge in [-0.3, -0.25) is 9.59 Å². The summed E-state index contributed by atoms with van der Waals surface area (Å²) in [7, 11) is 1.71. The standard InChI is InChI=1S/C17H19N3O2/c1-4-8-16(21)19(3)11-7-12-20-15-10-6-5-9-14(15)18-13(2)17(20)22/h5-6,9-10H,7,11-12H2,1-3H3. The van der Waals surface area contributed by atoms with Crippen LogP contribution >= 0.6 is 0 Å². The summed E-state index contributed by atoms with van der Waals surface area (Å²) in [6.45, 7) is 4.45. The van der Waals surface area contributed by atoms with Gasteiger partial charge in [0.25, 0.3) is 11.5 Å². The van der Waals surface area contributed by atoms with Crippen molar-refractivity contribution in [3.63, 3.8) is 0 Å². The van der Waals surface area contributed by atoms with Crippen LogP contribution in [0.3, 0.4) is 0 Å². The van der Waals surface area contributed by atoms with E-state index in [9.17, 15) is 9.59 Å². The third-order valence-electron chi connectivity index (χ3n) is 3.47. The molecule has 5 heteroatoms. The predicted octanol–water partition coefficient (Wildman–Crippen LogP) is 1.58. The molecule has 0 saturated carbocycles. The Morgan fingerprint density at radius 1 is 1.36 bits per heavy atom. The molecule has 114 valence electrons. The molecule has 0 bridgehead atoms. The third kappa shape index (κ3) is 3.34. The number of aryl methyl sites for hydroxylation is 2. The van der Waals surface area contributed by atoms with Crippen molar-refractivity contribution in [3.8, 4) is 11.8 Å². The van der Waals surface area contributed by atoms with Crippen LogP contribution in [0.15, 0.2) is 29.1 Å². The molecule has 2 rings (SSSR count). The largest absolute Gasteiger partial charge is 0.335 e. The second kappa shape index (κ2) is 6.90. The Morgan fingerprint density at radius 3 is 2.82 bits per heavy atom. The summed E-state index contributed by atoms with van der Waals surface area (Å²) in [6, 6.07) is 7.58. The van der Waals surface area contributed by atoms with Gasteiger partial charge in [0, 0.05) is 20.1 Å². The number of hydrogen-bond acceptors (Lipinski definition) is 3. The van der Waals surface area contributed by atoms with E-state index < -0.39 is 0 Å². The lowest BCUT2D eigenvalue weighted by Gasteiger charge is -2.15. The van der Waals surface area contributed by atoms with Crippen LogP contribution in [0.4, 0.5) is 0 Å². The number of fused-ring (bicyclic) bond motifs is 1. The van der Waals surface area contributed by atoms with Crippen LogP contribution in [0.25, 0.3) is 11.0 Å². The number of benzene rings is 1. The number of amides is 1. The van der Waals surface area contributed by atoms with E-state index in [1.54, 1.807) is 30.4 Å². The number of carbonyl (C=O) groups excluding carboxylic acids is 1. The topological polar surface area (TPSA) is 55.2 Å². The summed E-state index contributed by atoms with van der Waals surface area (Å²) in [6.07, 6.45) is 0.682. The second-order valence-corrected chi connectivity index (χ2v) is 5.10. The van der Waals surface area contributed by atoms with Crippen LogP contribution in [0, 0.1) is 18.8 Å². The van der Waals surface area contributed by atoms with Crippen LogP contribution in [0.2, 0.25) is 0 Å². The zero-order valence-corrected chi connectivity index (χ0v) is 13.1. The second-order valence-electron chi connectivity index (χ2n) is 5.10. The van der Waals surface area contributed by atoms with Crippen molar-refractivity contribution in [2.75, 3.05) is 13.6 Å². The molecular formula is C17H19N3O2.